The second-order valence-corrected chi connectivity index (χ2v) is 6.08. The molecule has 0 aromatic carbocycles. The number of carbonyl (C=O) groups excluding carboxylic acids is 1. The van der Waals surface area contributed by atoms with Crippen LogP contribution in [0.3, 0.4) is 0 Å². The van der Waals surface area contributed by atoms with Crippen LogP contribution in [0.5, 0.6) is 0 Å². The van der Waals surface area contributed by atoms with Gasteiger partial charge in [0.1, 0.15) is 4.88 Å². The van der Waals surface area contributed by atoms with Crippen LogP contribution in [0, 0.1) is 6.92 Å². The molecule has 1 fully saturated rings. The molecule has 0 bridgehead atoms. The SMILES string of the molecule is Cc1ncc(C(=O)N2CCC[C@H]2c2cnn(C)c2)s1. The van der Waals surface area contributed by atoms with Crippen molar-refractivity contribution in [3.63, 3.8) is 0 Å². The van der Waals surface area contributed by atoms with E-state index in [1.54, 1.807) is 10.9 Å². The van der Waals surface area contributed by atoms with Gasteiger partial charge in [-0.05, 0) is 19.8 Å². The zero-order valence-electron chi connectivity index (χ0n) is 11.0. The number of aromatic nitrogens is 3. The summed E-state index contributed by atoms with van der Waals surface area (Å²) in [5, 5.41) is 5.13. The van der Waals surface area contributed by atoms with E-state index < -0.39 is 0 Å². The molecule has 0 spiro atoms. The van der Waals surface area contributed by atoms with Gasteiger partial charge in [0.15, 0.2) is 0 Å². The standard InChI is InChI=1S/C13H16N4OS/c1-9-14-7-12(19-9)13(18)17-5-3-4-11(17)10-6-15-16(2)8-10/h6-8,11H,3-5H2,1-2H3/t11-/m0/s1. The van der Waals surface area contributed by atoms with Gasteiger partial charge in [-0.15, -0.1) is 11.3 Å². The molecule has 3 rings (SSSR count). The van der Waals surface area contributed by atoms with E-state index in [0.29, 0.717) is 0 Å². The Morgan fingerprint density at radius 2 is 2.32 bits per heavy atom. The third-order valence-electron chi connectivity index (χ3n) is 3.46. The van der Waals surface area contributed by atoms with Gasteiger partial charge in [0, 0.05) is 25.4 Å². The van der Waals surface area contributed by atoms with Crippen LogP contribution in [-0.4, -0.2) is 32.1 Å². The van der Waals surface area contributed by atoms with E-state index >= 15 is 0 Å². The van der Waals surface area contributed by atoms with Crippen LogP contribution in [0.15, 0.2) is 18.6 Å². The highest BCUT2D eigenvalue weighted by Gasteiger charge is 2.32. The molecule has 6 heteroatoms. The second kappa shape index (κ2) is 4.77. The molecule has 1 saturated heterocycles. The number of hydrogen-bond donors (Lipinski definition) is 0. The largest absolute Gasteiger partial charge is 0.331 e. The number of likely N-dealkylation sites (tertiary alicyclic amines) is 1. The first-order valence-corrected chi connectivity index (χ1v) is 7.19. The lowest BCUT2D eigenvalue weighted by molar-refractivity contribution is 0.0740. The molecule has 19 heavy (non-hydrogen) atoms. The van der Waals surface area contributed by atoms with E-state index in [9.17, 15) is 4.79 Å². The number of amides is 1. The van der Waals surface area contributed by atoms with Crippen molar-refractivity contribution >= 4 is 17.2 Å². The van der Waals surface area contributed by atoms with Crippen molar-refractivity contribution < 1.29 is 4.79 Å². The average molecular weight is 276 g/mol. The van der Waals surface area contributed by atoms with Gasteiger partial charge in [-0.3, -0.25) is 9.48 Å². The zero-order chi connectivity index (χ0) is 13.4. The van der Waals surface area contributed by atoms with Gasteiger partial charge in [-0.25, -0.2) is 4.98 Å². The minimum atomic E-state index is 0.0944. The third kappa shape index (κ3) is 2.28. The number of aryl methyl sites for hydroxylation is 2. The Kier molecular flexibility index (Phi) is 3.10. The van der Waals surface area contributed by atoms with E-state index in [1.165, 1.54) is 11.3 Å². The van der Waals surface area contributed by atoms with Crippen molar-refractivity contribution in [1.82, 2.24) is 19.7 Å². The molecule has 0 unspecified atom stereocenters. The summed E-state index contributed by atoms with van der Waals surface area (Å²) in [6.07, 6.45) is 7.58. The van der Waals surface area contributed by atoms with Crippen molar-refractivity contribution in [3.05, 3.63) is 34.0 Å². The molecule has 3 heterocycles. The summed E-state index contributed by atoms with van der Waals surface area (Å²) in [4.78, 5) is 19.4. The number of thiazole rings is 1. The lowest BCUT2D eigenvalue weighted by Gasteiger charge is -2.23. The molecule has 1 atom stereocenters. The molecule has 2 aromatic rings. The molecule has 2 aromatic heterocycles. The highest BCUT2D eigenvalue weighted by molar-refractivity contribution is 7.13. The number of carbonyl (C=O) groups is 1. The van der Waals surface area contributed by atoms with Crippen LogP contribution < -0.4 is 0 Å². The molecule has 100 valence electrons. The second-order valence-electron chi connectivity index (χ2n) is 4.85. The first kappa shape index (κ1) is 12.3. The monoisotopic (exact) mass is 276 g/mol. The summed E-state index contributed by atoms with van der Waals surface area (Å²) in [5.74, 6) is 0.0944. The maximum atomic E-state index is 12.5. The van der Waals surface area contributed by atoms with Crippen LogP contribution in [0.25, 0.3) is 0 Å². The molecule has 0 radical (unpaired) electrons. The lowest BCUT2D eigenvalue weighted by atomic mass is 10.1. The Hall–Kier alpha value is -1.69. The number of nitrogens with zero attached hydrogens (tertiary/aromatic N) is 4. The Balaban J connectivity index is 1.85. The van der Waals surface area contributed by atoms with Crippen LogP contribution in [-0.2, 0) is 7.05 Å². The van der Waals surface area contributed by atoms with E-state index in [0.717, 1.165) is 34.8 Å². The molecule has 1 amide bonds. The molecule has 1 aliphatic rings. The van der Waals surface area contributed by atoms with Gasteiger partial charge in [0.2, 0.25) is 0 Å². The summed E-state index contributed by atoms with van der Waals surface area (Å²) in [7, 11) is 1.90. The van der Waals surface area contributed by atoms with Crippen LogP contribution in [0.2, 0.25) is 0 Å². The molecule has 1 aliphatic heterocycles. The first-order chi connectivity index (χ1) is 9.15. The molecule has 5 nitrogen and oxygen atoms in total. The maximum Gasteiger partial charge on any atom is 0.266 e. The topological polar surface area (TPSA) is 51.0 Å². The van der Waals surface area contributed by atoms with Crippen molar-refractivity contribution in [1.29, 1.82) is 0 Å². The molecular formula is C13H16N4OS. The summed E-state index contributed by atoms with van der Waals surface area (Å²) < 4.78 is 1.78. The highest BCUT2D eigenvalue weighted by atomic mass is 32.1. The quantitative estimate of drug-likeness (QED) is 0.844. The Morgan fingerprint density at radius 1 is 1.47 bits per heavy atom. The van der Waals surface area contributed by atoms with Gasteiger partial charge in [-0.1, -0.05) is 0 Å². The number of hydrogen-bond acceptors (Lipinski definition) is 4. The third-order valence-corrected chi connectivity index (χ3v) is 4.36. The summed E-state index contributed by atoms with van der Waals surface area (Å²) in [5.41, 5.74) is 1.12. The fourth-order valence-electron chi connectivity index (χ4n) is 2.57. The van der Waals surface area contributed by atoms with E-state index in [2.05, 4.69) is 10.1 Å². The highest BCUT2D eigenvalue weighted by Crippen LogP contribution is 2.33. The number of rotatable bonds is 2. The van der Waals surface area contributed by atoms with Crippen LogP contribution in [0.1, 0.15) is 39.1 Å². The minimum absolute atomic E-state index is 0.0944. The average Bonchev–Trinajstić information content (AvgIpc) is 3.07. The fraction of sp³-hybridized carbons (Fsp3) is 0.462. The predicted molar refractivity (Wildman–Crippen MR) is 73.1 cm³/mol. The molecular weight excluding hydrogens is 260 g/mol. The zero-order valence-corrected chi connectivity index (χ0v) is 11.9. The Bertz CT molecular complexity index is 603. The normalized spacial score (nSPS) is 19.1. The minimum Gasteiger partial charge on any atom is -0.331 e. The van der Waals surface area contributed by atoms with E-state index in [-0.39, 0.29) is 11.9 Å². The van der Waals surface area contributed by atoms with Gasteiger partial charge in [-0.2, -0.15) is 5.10 Å². The lowest BCUT2D eigenvalue weighted by Crippen LogP contribution is -2.29. The van der Waals surface area contributed by atoms with E-state index in [1.807, 2.05) is 31.3 Å². The van der Waals surface area contributed by atoms with Crippen molar-refractivity contribution in [2.75, 3.05) is 6.54 Å². The Morgan fingerprint density at radius 3 is 2.95 bits per heavy atom. The summed E-state index contributed by atoms with van der Waals surface area (Å²) in [6, 6.07) is 0.156. The van der Waals surface area contributed by atoms with Crippen molar-refractivity contribution in [3.8, 4) is 0 Å². The summed E-state index contributed by atoms with van der Waals surface area (Å²) in [6.45, 7) is 2.74. The van der Waals surface area contributed by atoms with Gasteiger partial charge >= 0.3 is 0 Å². The smallest absolute Gasteiger partial charge is 0.266 e. The van der Waals surface area contributed by atoms with E-state index in [4.69, 9.17) is 0 Å². The molecule has 0 aliphatic carbocycles. The van der Waals surface area contributed by atoms with Crippen LogP contribution in [0.4, 0.5) is 0 Å². The Labute approximate surface area is 115 Å². The van der Waals surface area contributed by atoms with Crippen molar-refractivity contribution in [2.45, 2.75) is 25.8 Å². The van der Waals surface area contributed by atoms with Crippen LogP contribution >= 0.6 is 11.3 Å². The molecule has 0 saturated carbocycles. The van der Waals surface area contributed by atoms with Gasteiger partial charge in [0.25, 0.3) is 5.91 Å². The van der Waals surface area contributed by atoms with Crippen molar-refractivity contribution in [2.24, 2.45) is 7.05 Å². The first-order valence-electron chi connectivity index (χ1n) is 6.37. The maximum absolute atomic E-state index is 12.5. The molecule has 0 N–H and O–H groups in total. The fourth-order valence-corrected chi connectivity index (χ4v) is 3.30. The van der Waals surface area contributed by atoms with Gasteiger partial charge < -0.3 is 4.90 Å². The predicted octanol–water partition coefficient (Wildman–Crippen LogP) is 2.16. The van der Waals surface area contributed by atoms with Gasteiger partial charge in [0.05, 0.1) is 23.4 Å². The summed E-state index contributed by atoms with van der Waals surface area (Å²) >= 11 is 1.46.